The SMILES string of the molecule is CN=C(NCc1nnc2n1CCC2)NCC1CCCN(C)C1c1cccc(Cl)c1.I. The van der Waals surface area contributed by atoms with Crippen molar-refractivity contribution in [3.8, 4) is 0 Å². The van der Waals surface area contributed by atoms with Gasteiger partial charge in [0.25, 0.3) is 0 Å². The summed E-state index contributed by atoms with van der Waals surface area (Å²) in [5.74, 6) is 3.37. The van der Waals surface area contributed by atoms with Crippen molar-refractivity contribution in [2.75, 3.05) is 27.2 Å². The topological polar surface area (TPSA) is 70.4 Å². The third-order valence-electron chi connectivity index (χ3n) is 6.05. The number of rotatable bonds is 5. The minimum Gasteiger partial charge on any atom is -0.356 e. The van der Waals surface area contributed by atoms with Crippen LogP contribution in [0.1, 0.15) is 42.5 Å². The molecule has 0 aliphatic carbocycles. The minimum absolute atomic E-state index is 0. The fraction of sp³-hybridized carbons (Fsp3) is 0.571. The van der Waals surface area contributed by atoms with Gasteiger partial charge in [-0.2, -0.15) is 0 Å². The summed E-state index contributed by atoms with van der Waals surface area (Å²) in [5, 5.41) is 16.3. The van der Waals surface area contributed by atoms with E-state index in [0.717, 1.165) is 55.1 Å². The number of nitrogens with one attached hydrogen (secondary N) is 2. The highest BCUT2D eigenvalue weighted by atomic mass is 127. The molecule has 4 rings (SSSR count). The molecule has 9 heteroatoms. The van der Waals surface area contributed by atoms with Crippen molar-refractivity contribution in [2.45, 2.75) is 44.8 Å². The van der Waals surface area contributed by atoms with Crippen LogP contribution in [0.2, 0.25) is 5.02 Å². The molecule has 0 radical (unpaired) electrons. The van der Waals surface area contributed by atoms with Gasteiger partial charge in [-0.05, 0) is 56.5 Å². The number of halogens is 2. The predicted octanol–water partition coefficient (Wildman–Crippen LogP) is 3.24. The van der Waals surface area contributed by atoms with Crippen LogP contribution in [0.4, 0.5) is 0 Å². The minimum atomic E-state index is 0. The first-order valence-corrected chi connectivity index (χ1v) is 10.8. The summed E-state index contributed by atoms with van der Waals surface area (Å²) in [7, 11) is 4.02. The van der Waals surface area contributed by atoms with Crippen molar-refractivity contribution in [3.05, 3.63) is 46.5 Å². The van der Waals surface area contributed by atoms with Gasteiger partial charge < -0.3 is 15.2 Å². The Kier molecular flexibility index (Phi) is 8.35. The molecule has 2 aliphatic heterocycles. The average Bonchev–Trinajstić information content (AvgIpc) is 3.32. The number of nitrogens with zero attached hydrogens (tertiary/aromatic N) is 5. The van der Waals surface area contributed by atoms with Gasteiger partial charge in [0.05, 0.1) is 6.54 Å². The third kappa shape index (κ3) is 5.26. The second kappa shape index (κ2) is 10.8. The molecule has 1 fully saturated rings. The lowest BCUT2D eigenvalue weighted by molar-refractivity contribution is 0.122. The van der Waals surface area contributed by atoms with Crippen LogP contribution in [0, 0.1) is 5.92 Å². The Bertz CT molecular complexity index is 869. The van der Waals surface area contributed by atoms with E-state index in [1.165, 1.54) is 18.4 Å². The molecule has 2 aliphatic rings. The fourth-order valence-corrected chi connectivity index (χ4v) is 4.84. The molecule has 3 heterocycles. The first-order valence-electron chi connectivity index (χ1n) is 10.5. The second-order valence-corrected chi connectivity index (χ2v) is 8.41. The number of piperidine rings is 1. The number of hydrogen-bond acceptors (Lipinski definition) is 4. The molecule has 2 unspecified atom stereocenters. The normalized spacial score (nSPS) is 21.8. The van der Waals surface area contributed by atoms with Crippen molar-refractivity contribution in [3.63, 3.8) is 0 Å². The van der Waals surface area contributed by atoms with Crippen molar-refractivity contribution in [1.29, 1.82) is 0 Å². The lowest BCUT2D eigenvalue weighted by Crippen LogP contribution is -2.45. The van der Waals surface area contributed by atoms with Crippen molar-refractivity contribution in [1.82, 2.24) is 30.3 Å². The van der Waals surface area contributed by atoms with Gasteiger partial charge in [0, 0.05) is 37.6 Å². The molecular weight excluding hydrogens is 513 g/mol. The Balaban J connectivity index is 0.00000256. The lowest BCUT2D eigenvalue weighted by atomic mass is 9.85. The average molecular weight is 544 g/mol. The summed E-state index contributed by atoms with van der Waals surface area (Å²) < 4.78 is 2.21. The summed E-state index contributed by atoms with van der Waals surface area (Å²) >= 11 is 6.26. The molecule has 1 aromatic carbocycles. The zero-order valence-corrected chi connectivity index (χ0v) is 20.7. The van der Waals surface area contributed by atoms with E-state index < -0.39 is 0 Å². The van der Waals surface area contributed by atoms with Crippen LogP contribution < -0.4 is 10.6 Å². The number of fused-ring (bicyclic) bond motifs is 1. The molecule has 0 spiro atoms. The number of aromatic nitrogens is 3. The van der Waals surface area contributed by atoms with Gasteiger partial charge in [0.1, 0.15) is 5.82 Å². The first-order chi connectivity index (χ1) is 14.2. The number of hydrogen-bond donors (Lipinski definition) is 2. The van der Waals surface area contributed by atoms with Gasteiger partial charge >= 0.3 is 0 Å². The van der Waals surface area contributed by atoms with Gasteiger partial charge in [0.15, 0.2) is 11.8 Å². The Labute approximate surface area is 200 Å². The van der Waals surface area contributed by atoms with Crippen molar-refractivity contribution >= 4 is 41.5 Å². The quantitative estimate of drug-likeness (QED) is 0.344. The van der Waals surface area contributed by atoms with Gasteiger partial charge in [0.2, 0.25) is 0 Å². The van der Waals surface area contributed by atoms with Crippen molar-refractivity contribution < 1.29 is 0 Å². The maximum absolute atomic E-state index is 6.26. The van der Waals surface area contributed by atoms with Crippen LogP contribution in [0.25, 0.3) is 0 Å². The summed E-state index contributed by atoms with van der Waals surface area (Å²) in [6.07, 6.45) is 4.58. The standard InChI is InChI=1S/C21H30ClN7.HI/c1-23-21(25-14-19-27-26-18-9-5-11-29(18)19)24-13-16-7-4-10-28(2)20(16)15-6-3-8-17(22)12-15;/h3,6,8,12,16,20H,4-5,7,9-11,13-14H2,1-2H3,(H2,23,24,25);1H. The van der Waals surface area contributed by atoms with E-state index in [9.17, 15) is 0 Å². The molecule has 0 amide bonds. The molecule has 2 atom stereocenters. The number of aryl methyl sites for hydroxylation is 1. The van der Waals surface area contributed by atoms with Crippen LogP contribution in [-0.4, -0.2) is 52.8 Å². The molecule has 0 saturated carbocycles. The highest BCUT2D eigenvalue weighted by molar-refractivity contribution is 14.0. The zero-order chi connectivity index (χ0) is 20.2. The zero-order valence-electron chi connectivity index (χ0n) is 17.6. The van der Waals surface area contributed by atoms with Gasteiger partial charge in [-0.25, -0.2) is 0 Å². The van der Waals surface area contributed by atoms with E-state index >= 15 is 0 Å². The second-order valence-electron chi connectivity index (χ2n) is 7.98. The molecule has 164 valence electrons. The van der Waals surface area contributed by atoms with E-state index in [1.54, 1.807) is 0 Å². The molecule has 2 N–H and O–H groups in total. The monoisotopic (exact) mass is 543 g/mol. The smallest absolute Gasteiger partial charge is 0.191 e. The third-order valence-corrected chi connectivity index (χ3v) is 6.29. The van der Waals surface area contributed by atoms with Gasteiger partial charge in [-0.3, -0.25) is 9.89 Å². The van der Waals surface area contributed by atoms with E-state index in [2.05, 4.69) is 54.5 Å². The fourth-order valence-electron chi connectivity index (χ4n) is 4.64. The molecule has 30 heavy (non-hydrogen) atoms. The Hall–Kier alpha value is -1.39. The van der Waals surface area contributed by atoms with E-state index in [4.69, 9.17) is 11.6 Å². The van der Waals surface area contributed by atoms with Crippen LogP contribution in [-0.2, 0) is 19.5 Å². The molecule has 1 aromatic heterocycles. The molecule has 7 nitrogen and oxygen atoms in total. The number of likely N-dealkylation sites (tertiary alicyclic amines) is 1. The molecular formula is C21H31ClIN7. The molecule has 1 saturated heterocycles. The summed E-state index contributed by atoms with van der Waals surface area (Å²) in [6.45, 7) is 3.62. The number of guanidine groups is 1. The lowest BCUT2D eigenvalue weighted by Gasteiger charge is -2.40. The molecule has 0 bridgehead atoms. The van der Waals surface area contributed by atoms with Crippen LogP contribution in [0.3, 0.4) is 0 Å². The molecule has 2 aromatic rings. The van der Waals surface area contributed by atoms with Crippen molar-refractivity contribution in [2.24, 2.45) is 10.9 Å². The Morgan fingerprint density at radius 2 is 2.10 bits per heavy atom. The van der Waals surface area contributed by atoms with E-state index in [-0.39, 0.29) is 24.0 Å². The van der Waals surface area contributed by atoms with Gasteiger partial charge in [-0.15, -0.1) is 34.2 Å². The largest absolute Gasteiger partial charge is 0.356 e. The highest BCUT2D eigenvalue weighted by Gasteiger charge is 2.30. The first kappa shape index (κ1) is 23.3. The Morgan fingerprint density at radius 1 is 1.23 bits per heavy atom. The predicted molar refractivity (Wildman–Crippen MR) is 132 cm³/mol. The number of aliphatic imine (C=N–C) groups is 1. The summed E-state index contributed by atoms with van der Waals surface area (Å²) in [4.78, 5) is 6.84. The summed E-state index contributed by atoms with van der Waals surface area (Å²) in [6, 6.07) is 8.62. The van der Waals surface area contributed by atoms with Crippen LogP contribution >= 0.6 is 35.6 Å². The highest BCUT2D eigenvalue weighted by Crippen LogP contribution is 2.35. The number of benzene rings is 1. The summed E-state index contributed by atoms with van der Waals surface area (Å²) in [5.41, 5.74) is 1.29. The van der Waals surface area contributed by atoms with E-state index in [0.29, 0.717) is 18.5 Å². The van der Waals surface area contributed by atoms with Crippen LogP contribution in [0.15, 0.2) is 29.3 Å². The Morgan fingerprint density at radius 3 is 2.90 bits per heavy atom. The maximum Gasteiger partial charge on any atom is 0.191 e. The van der Waals surface area contributed by atoms with Crippen LogP contribution in [0.5, 0.6) is 0 Å². The maximum atomic E-state index is 6.26. The van der Waals surface area contributed by atoms with Gasteiger partial charge in [-0.1, -0.05) is 23.7 Å². The van der Waals surface area contributed by atoms with E-state index in [1.807, 2.05) is 19.2 Å².